The minimum Gasteiger partial charge on any atom is -0.352 e. The average Bonchev–Trinajstić information content (AvgIpc) is 2.63. The van der Waals surface area contributed by atoms with Crippen LogP contribution in [0.25, 0.3) is 0 Å². The molecule has 0 radical (unpaired) electrons. The molecule has 0 aromatic heterocycles. The van der Waals surface area contributed by atoms with Crippen molar-refractivity contribution >= 4 is 11.8 Å². The van der Waals surface area contributed by atoms with Gasteiger partial charge in [0.1, 0.15) is 0 Å². The number of hydrogen-bond acceptors (Lipinski definition) is 3. The largest absolute Gasteiger partial charge is 0.352 e. The second kappa shape index (κ2) is 6.18. The molecule has 0 saturated carbocycles. The maximum absolute atomic E-state index is 12.3. The van der Waals surface area contributed by atoms with Gasteiger partial charge in [-0.15, -0.1) is 0 Å². The summed E-state index contributed by atoms with van der Waals surface area (Å²) in [6, 6.07) is 0.126. The summed E-state index contributed by atoms with van der Waals surface area (Å²) in [5.74, 6) is 0.201. The van der Waals surface area contributed by atoms with Crippen molar-refractivity contribution in [3.63, 3.8) is 0 Å². The normalized spacial score (nSPS) is 28.8. The number of carbonyl (C=O) groups excluding carboxylic acids is 2. The number of hydrogen-bond donors (Lipinski definition) is 2. The van der Waals surface area contributed by atoms with Gasteiger partial charge in [-0.3, -0.25) is 9.59 Å². The lowest BCUT2D eigenvalue weighted by Gasteiger charge is -2.23. The quantitative estimate of drug-likeness (QED) is 0.742. The first-order chi connectivity index (χ1) is 8.66. The summed E-state index contributed by atoms with van der Waals surface area (Å²) in [7, 11) is 0. The molecule has 2 fully saturated rings. The van der Waals surface area contributed by atoms with Crippen LogP contribution >= 0.6 is 0 Å². The molecule has 2 rings (SSSR count). The van der Waals surface area contributed by atoms with Gasteiger partial charge in [-0.25, -0.2) is 0 Å². The molecule has 0 spiro atoms. The molecule has 18 heavy (non-hydrogen) atoms. The zero-order valence-corrected chi connectivity index (χ0v) is 11.1. The van der Waals surface area contributed by atoms with E-state index in [9.17, 15) is 9.59 Å². The van der Waals surface area contributed by atoms with Crippen LogP contribution in [0.3, 0.4) is 0 Å². The molecule has 0 aromatic rings. The summed E-state index contributed by atoms with van der Waals surface area (Å²) in [5.41, 5.74) is 0. The standard InChI is InChI=1S/C13H23N3O2/c1-10(17)15-11-6-8-16(9-11)13(18)12-5-3-2-4-7-14-12/h11-12,14H,2-9H2,1H3,(H,15,17). The number of rotatable bonds is 2. The van der Waals surface area contributed by atoms with Crippen LogP contribution < -0.4 is 10.6 Å². The maximum Gasteiger partial charge on any atom is 0.239 e. The van der Waals surface area contributed by atoms with E-state index in [2.05, 4.69) is 10.6 Å². The Bertz CT molecular complexity index is 311. The lowest BCUT2D eigenvalue weighted by atomic mass is 10.1. The molecule has 0 aliphatic carbocycles. The third kappa shape index (κ3) is 3.45. The summed E-state index contributed by atoms with van der Waals surface area (Å²) < 4.78 is 0. The fourth-order valence-electron chi connectivity index (χ4n) is 2.83. The van der Waals surface area contributed by atoms with Crippen LogP contribution in [0.4, 0.5) is 0 Å². The van der Waals surface area contributed by atoms with Crippen molar-refractivity contribution in [3.8, 4) is 0 Å². The first-order valence-corrected chi connectivity index (χ1v) is 6.96. The Balaban J connectivity index is 1.84. The van der Waals surface area contributed by atoms with Crippen molar-refractivity contribution < 1.29 is 9.59 Å². The van der Waals surface area contributed by atoms with Gasteiger partial charge in [-0.2, -0.15) is 0 Å². The zero-order valence-electron chi connectivity index (χ0n) is 11.1. The molecule has 2 aliphatic heterocycles. The number of nitrogens with one attached hydrogen (secondary N) is 2. The van der Waals surface area contributed by atoms with Crippen LogP contribution in [0.15, 0.2) is 0 Å². The van der Waals surface area contributed by atoms with E-state index < -0.39 is 0 Å². The molecule has 102 valence electrons. The molecule has 0 aromatic carbocycles. The van der Waals surface area contributed by atoms with Crippen LogP contribution in [0, 0.1) is 0 Å². The zero-order chi connectivity index (χ0) is 13.0. The molecule has 2 N–H and O–H groups in total. The molecular formula is C13H23N3O2. The summed E-state index contributed by atoms with van der Waals surface area (Å²) >= 11 is 0. The van der Waals surface area contributed by atoms with E-state index in [1.54, 1.807) is 0 Å². The van der Waals surface area contributed by atoms with Gasteiger partial charge < -0.3 is 15.5 Å². The Labute approximate surface area is 108 Å². The smallest absolute Gasteiger partial charge is 0.239 e. The fraction of sp³-hybridized carbons (Fsp3) is 0.846. The molecule has 0 bridgehead atoms. The Kier molecular flexibility index (Phi) is 4.58. The predicted octanol–water partition coefficient (Wildman–Crippen LogP) is 0.256. The van der Waals surface area contributed by atoms with Gasteiger partial charge >= 0.3 is 0 Å². The minimum absolute atomic E-state index is 0.0106. The number of carbonyl (C=O) groups is 2. The second-order valence-corrected chi connectivity index (χ2v) is 5.33. The summed E-state index contributed by atoms with van der Waals surface area (Å²) in [6.07, 6.45) is 5.33. The molecule has 2 atom stereocenters. The molecule has 2 amide bonds. The number of likely N-dealkylation sites (tertiary alicyclic amines) is 1. The number of amides is 2. The van der Waals surface area contributed by atoms with Gasteiger partial charge in [0.25, 0.3) is 0 Å². The highest BCUT2D eigenvalue weighted by Gasteiger charge is 2.31. The lowest BCUT2D eigenvalue weighted by Crippen LogP contribution is -2.46. The van der Waals surface area contributed by atoms with Gasteiger partial charge in [0, 0.05) is 26.1 Å². The van der Waals surface area contributed by atoms with Crippen molar-refractivity contribution in [2.45, 2.75) is 51.1 Å². The Morgan fingerprint density at radius 3 is 2.83 bits per heavy atom. The summed E-state index contributed by atoms with van der Waals surface area (Å²) in [6.45, 7) is 3.90. The highest BCUT2D eigenvalue weighted by molar-refractivity contribution is 5.82. The SMILES string of the molecule is CC(=O)NC1CCN(C(=O)C2CCCCCN2)C1. The van der Waals surface area contributed by atoms with E-state index in [0.29, 0.717) is 6.54 Å². The van der Waals surface area contributed by atoms with E-state index in [-0.39, 0.29) is 23.9 Å². The molecule has 5 heteroatoms. The first kappa shape index (κ1) is 13.3. The van der Waals surface area contributed by atoms with Gasteiger partial charge in [0.05, 0.1) is 6.04 Å². The van der Waals surface area contributed by atoms with Crippen molar-refractivity contribution in [3.05, 3.63) is 0 Å². The third-order valence-electron chi connectivity index (χ3n) is 3.77. The van der Waals surface area contributed by atoms with Gasteiger partial charge in [0.2, 0.25) is 11.8 Å². The Morgan fingerprint density at radius 1 is 1.22 bits per heavy atom. The molecule has 2 aliphatic rings. The van der Waals surface area contributed by atoms with Gasteiger partial charge in [0.15, 0.2) is 0 Å². The summed E-state index contributed by atoms with van der Waals surface area (Å²) in [5, 5.41) is 6.22. The molecule has 2 saturated heterocycles. The number of nitrogens with zero attached hydrogens (tertiary/aromatic N) is 1. The second-order valence-electron chi connectivity index (χ2n) is 5.33. The molecule has 2 heterocycles. The van der Waals surface area contributed by atoms with Gasteiger partial charge in [-0.1, -0.05) is 12.8 Å². The molecule has 2 unspecified atom stereocenters. The topological polar surface area (TPSA) is 61.4 Å². The monoisotopic (exact) mass is 253 g/mol. The fourth-order valence-corrected chi connectivity index (χ4v) is 2.83. The van der Waals surface area contributed by atoms with E-state index in [4.69, 9.17) is 0 Å². The average molecular weight is 253 g/mol. The minimum atomic E-state index is -0.0121. The van der Waals surface area contributed by atoms with Crippen LogP contribution in [0.2, 0.25) is 0 Å². The lowest BCUT2D eigenvalue weighted by molar-refractivity contribution is -0.132. The predicted molar refractivity (Wildman–Crippen MR) is 69.1 cm³/mol. The summed E-state index contributed by atoms with van der Waals surface area (Å²) in [4.78, 5) is 25.2. The highest BCUT2D eigenvalue weighted by Crippen LogP contribution is 2.15. The Hall–Kier alpha value is -1.10. The van der Waals surface area contributed by atoms with E-state index in [0.717, 1.165) is 38.8 Å². The van der Waals surface area contributed by atoms with Crippen molar-refractivity contribution in [2.75, 3.05) is 19.6 Å². The van der Waals surface area contributed by atoms with Crippen LogP contribution in [-0.4, -0.2) is 48.4 Å². The van der Waals surface area contributed by atoms with E-state index in [1.807, 2.05) is 4.90 Å². The van der Waals surface area contributed by atoms with E-state index in [1.165, 1.54) is 13.3 Å². The third-order valence-corrected chi connectivity index (χ3v) is 3.77. The van der Waals surface area contributed by atoms with Crippen LogP contribution in [0.1, 0.15) is 39.0 Å². The molecular weight excluding hydrogens is 230 g/mol. The highest BCUT2D eigenvalue weighted by atomic mass is 16.2. The maximum atomic E-state index is 12.3. The Morgan fingerprint density at radius 2 is 2.06 bits per heavy atom. The molecule has 5 nitrogen and oxygen atoms in total. The van der Waals surface area contributed by atoms with Crippen molar-refractivity contribution in [1.29, 1.82) is 0 Å². The van der Waals surface area contributed by atoms with E-state index >= 15 is 0 Å². The van der Waals surface area contributed by atoms with Crippen LogP contribution in [0.5, 0.6) is 0 Å². The van der Waals surface area contributed by atoms with Crippen molar-refractivity contribution in [2.24, 2.45) is 0 Å². The van der Waals surface area contributed by atoms with Gasteiger partial charge in [-0.05, 0) is 25.8 Å². The van der Waals surface area contributed by atoms with Crippen molar-refractivity contribution in [1.82, 2.24) is 15.5 Å². The van der Waals surface area contributed by atoms with Crippen LogP contribution in [-0.2, 0) is 9.59 Å². The first-order valence-electron chi connectivity index (χ1n) is 6.96.